The molecule has 0 aliphatic rings. The number of hydrogen-bond acceptors (Lipinski definition) is 4. The number of fused-ring (bicyclic) bond motifs is 1. The average Bonchev–Trinajstić information content (AvgIpc) is 3.22. The number of benzene rings is 1. The fourth-order valence-corrected chi connectivity index (χ4v) is 2.72. The van der Waals surface area contributed by atoms with Gasteiger partial charge in [-0.1, -0.05) is 30.3 Å². The fourth-order valence-electron chi connectivity index (χ4n) is 2.72. The van der Waals surface area contributed by atoms with E-state index in [1.54, 1.807) is 11.0 Å². The summed E-state index contributed by atoms with van der Waals surface area (Å²) in [5.74, 6) is 0.800. The molecule has 23 heavy (non-hydrogen) atoms. The highest BCUT2D eigenvalue weighted by Gasteiger charge is 2.17. The lowest BCUT2D eigenvalue weighted by Crippen LogP contribution is -2.13. The number of nitrogens with one attached hydrogen (secondary N) is 2. The maximum absolute atomic E-state index is 4.41. The molecule has 1 aromatic carbocycles. The lowest BCUT2D eigenvalue weighted by atomic mass is 10.0. The Kier molecular flexibility index (Phi) is 3.27. The van der Waals surface area contributed by atoms with Crippen LogP contribution in [0.3, 0.4) is 0 Å². The molecule has 4 aromatic rings. The van der Waals surface area contributed by atoms with Crippen LogP contribution in [0.4, 0.5) is 5.82 Å². The van der Waals surface area contributed by atoms with Gasteiger partial charge in [0.1, 0.15) is 17.8 Å². The number of hydrogen-bond donors (Lipinski definition) is 2. The first kappa shape index (κ1) is 13.5. The van der Waals surface area contributed by atoms with Crippen molar-refractivity contribution in [3.63, 3.8) is 0 Å². The first-order chi connectivity index (χ1) is 11.3. The second-order valence-electron chi connectivity index (χ2n) is 5.40. The maximum atomic E-state index is 4.41. The van der Waals surface area contributed by atoms with Gasteiger partial charge in [0.05, 0.1) is 17.6 Å². The number of anilines is 1. The van der Waals surface area contributed by atoms with E-state index in [0.29, 0.717) is 0 Å². The zero-order valence-corrected chi connectivity index (χ0v) is 12.6. The molecule has 1 atom stereocenters. The van der Waals surface area contributed by atoms with Gasteiger partial charge in [0.15, 0.2) is 0 Å². The van der Waals surface area contributed by atoms with Crippen LogP contribution in [0.15, 0.2) is 61.3 Å². The van der Waals surface area contributed by atoms with Crippen molar-refractivity contribution in [2.24, 2.45) is 7.05 Å². The van der Waals surface area contributed by atoms with Gasteiger partial charge in [-0.05, 0) is 11.6 Å². The average molecular weight is 304 g/mol. The van der Waals surface area contributed by atoms with Gasteiger partial charge in [0, 0.05) is 25.0 Å². The molecule has 3 heterocycles. The second kappa shape index (κ2) is 5.57. The van der Waals surface area contributed by atoms with Gasteiger partial charge in [0.25, 0.3) is 0 Å². The molecule has 0 fully saturated rings. The Balaban J connectivity index is 1.78. The van der Waals surface area contributed by atoms with E-state index in [0.717, 1.165) is 28.0 Å². The Labute approximate surface area is 133 Å². The molecule has 0 aliphatic heterocycles. The number of aromatic nitrogens is 5. The molecule has 0 bridgehead atoms. The van der Waals surface area contributed by atoms with Crippen molar-refractivity contribution >= 4 is 16.9 Å². The monoisotopic (exact) mass is 304 g/mol. The Bertz CT molecular complexity index is 924. The zero-order chi connectivity index (χ0) is 15.6. The van der Waals surface area contributed by atoms with Gasteiger partial charge in [-0.25, -0.2) is 9.97 Å². The Morgan fingerprint density at radius 1 is 1.09 bits per heavy atom. The largest absolute Gasteiger partial charge is 0.358 e. The SMILES string of the molecule is Cn1cc([C@@H](Nc2ncnc3[nH]ccc23)c2ccccc2)cn1. The van der Waals surface area contributed by atoms with Gasteiger partial charge in [-0.15, -0.1) is 0 Å². The molecule has 3 aromatic heterocycles. The Hall–Kier alpha value is -3.15. The summed E-state index contributed by atoms with van der Waals surface area (Å²) in [4.78, 5) is 11.8. The highest BCUT2D eigenvalue weighted by Crippen LogP contribution is 2.28. The normalized spacial score (nSPS) is 12.4. The topological polar surface area (TPSA) is 71.4 Å². The summed E-state index contributed by atoms with van der Waals surface area (Å²) in [7, 11) is 1.92. The Morgan fingerprint density at radius 2 is 1.96 bits per heavy atom. The third-order valence-corrected chi connectivity index (χ3v) is 3.83. The molecule has 6 nitrogen and oxygen atoms in total. The second-order valence-corrected chi connectivity index (χ2v) is 5.40. The van der Waals surface area contributed by atoms with E-state index in [2.05, 4.69) is 37.5 Å². The minimum Gasteiger partial charge on any atom is -0.358 e. The van der Waals surface area contributed by atoms with Gasteiger partial charge in [0.2, 0.25) is 0 Å². The van der Waals surface area contributed by atoms with Crippen LogP contribution in [0.5, 0.6) is 0 Å². The molecule has 0 aliphatic carbocycles. The molecule has 2 N–H and O–H groups in total. The minimum atomic E-state index is -0.0297. The first-order valence-electron chi connectivity index (χ1n) is 7.39. The molecule has 0 unspecified atom stereocenters. The van der Waals surface area contributed by atoms with Gasteiger partial charge < -0.3 is 10.3 Å². The van der Waals surface area contributed by atoms with Crippen LogP contribution >= 0.6 is 0 Å². The first-order valence-corrected chi connectivity index (χ1v) is 7.39. The summed E-state index contributed by atoms with van der Waals surface area (Å²) in [6.45, 7) is 0. The quantitative estimate of drug-likeness (QED) is 0.608. The molecular weight excluding hydrogens is 288 g/mol. The lowest BCUT2D eigenvalue weighted by molar-refractivity contribution is 0.766. The fraction of sp³-hybridized carbons (Fsp3) is 0.118. The number of nitrogens with zero attached hydrogens (tertiary/aromatic N) is 4. The van der Waals surface area contributed by atoms with Crippen molar-refractivity contribution in [2.75, 3.05) is 5.32 Å². The standard InChI is InChI=1S/C17H16N6/c1-23-10-13(9-21-23)15(12-5-3-2-4-6-12)22-17-14-7-8-18-16(14)19-11-20-17/h2-11,15H,1H3,(H2,18,19,20,22)/t15-/m0/s1. The number of aromatic amines is 1. The third kappa shape index (κ3) is 2.55. The summed E-state index contributed by atoms with van der Waals surface area (Å²) in [6, 6.07) is 12.2. The Morgan fingerprint density at radius 3 is 2.74 bits per heavy atom. The van der Waals surface area contributed by atoms with Crippen molar-refractivity contribution in [1.29, 1.82) is 0 Å². The van der Waals surface area contributed by atoms with E-state index in [-0.39, 0.29) is 6.04 Å². The van der Waals surface area contributed by atoms with Crippen LogP contribution in [0.2, 0.25) is 0 Å². The van der Waals surface area contributed by atoms with Crippen LogP contribution in [-0.4, -0.2) is 24.7 Å². The molecule has 6 heteroatoms. The van der Waals surface area contributed by atoms with Crippen LogP contribution in [0, 0.1) is 0 Å². The predicted molar refractivity (Wildman–Crippen MR) is 89.0 cm³/mol. The highest BCUT2D eigenvalue weighted by molar-refractivity contribution is 5.86. The van der Waals surface area contributed by atoms with Crippen LogP contribution in [0.25, 0.3) is 11.0 Å². The van der Waals surface area contributed by atoms with E-state index in [1.807, 2.05) is 49.9 Å². The highest BCUT2D eigenvalue weighted by atomic mass is 15.2. The van der Waals surface area contributed by atoms with E-state index in [1.165, 1.54) is 0 Å². The molecule has 0 saturated carbocycles. The van der Waals surface area contributed by atoms with E-state index >= 15 is 0 Å². The molecular formula is C17H16N6. The van der Waals surface area contributed by atoms with Crippen molar-refractivity contribution in [1.82, 2.24) is 24.7 Å². The number of aryl methyl sites for hydroxylation is 1. The van der Waals surface area contributed by atoms with Gasteiger partial charge in [-0.2, -0.15) is 5.10 Å². The minimum absolute atomic E-state index is 0.0297. The van der Waals surface area contributed by atoms with Crippen molar-refractivity contribution in [2.45, 2.75) is 6.04 Å². The van der Waals surface area contributed by atoms with E-state index < -0.39 is 0 Å². The lowest BCUT2D eigenvalue weighted by Gasteiger charge is -2.19. The molecule has 4 rings (SSSR count). The maximum Gasteiger partial charge on any atom is 0.142 e. The summed E-state index contributed by atoms with van der Waals surface area (Å²) in [5, 5.41) is 8.79. The van der Waals surface area contributed by atoms with Crippen LogP contribution in [-0.2, 0) is 7.05 Å². The van der Waals surface area contributed by atoms with Crippen molar-refractivity contribution in [3.8, 4) is 0 Å². The smallest absolute Gasteiger partial charge is 0.142 e. The van der Waals surface area contributed by atoms with Gasteiger partial charge in [-0.3, -0.25) is 4.68 Å². The summed E-state index contributed by atoms with van der Waals surface area (Å²) in [5.41, 5.74) is 3.06. The van der Waals surface area contributed by atoms with E-state index in [9.17, 15) is 0 Å². The van der Waals surface area contributed by atoms with E-state index in [4.69, 9.17) is 0 Å². The van der Waals surface area contributed by atoms with Crippen molar-refractivity contribution < 1.29 is 0 Å². The van der Waals surface area contributed by atoms with Crippen molar-refractivity contribution in [3.05, 3.63) is 72.4 Å². The molecule has 114 valence electrons. The third-order valence-electron chi connectivity index (χ3n) is 3.83. The molecule has 0 spiro atoms. The summed E-state index contributed by atoms with van der Waals surface area (Å²) in [6.07, 6.45) is 7.32. The molecule has 0 amide bonds. The summed E-state index contributed by atoms with van der Waals surface area (Å²) >= 11 is 0. The number of rotatable bonds is 4. The molecule has 0 radical (unpaired) electrons. The predicted octanol–water partition coefficient (Wildman–Crippen LogP) is 2.89. The van der Waals surface area contributed by atoms with Crippen LogP contribution in [0.1, 0.15) is 17.2 Å². The molecule has 0 saturated heterocycles. The van der Waals surface area contributed by atoms with Gasteiger partial charge >= 0.3 is 0 Å². The zero-order valence-electron chi connectivity index (χ0n) is 12.6. The summed E-state index contributed by atoms with van der Waals surface area (Å²) < 4.78 is 1.80. The number of H-pyrrole nitrogens is 1. The van der Waals surface area contributed by atoms with Crippen LogP contribution < -0.4 is 5.32 Å².